The predicted octanol–water partition coefficient (Wildman–Crippen LogP) is 0.929. The molecular formula is C16H19N5O5S. The molecule has 27 heavy (non-hydrogen) atoms. The van der Waals surface area contributed by atoms with Gasteiger partial charge in [0.15, 0.2) is 0 Å². The van der Waals surface area contributed by atoms with Crippen LogP contribution in [0.3, 0.4) is 0 Å². The molecule has 0 saturated heterocycles. The molecule has 1 unspecified atom stereocenters. The van der Waals surface area contributed by atoms with Gasteiger partial charge in [0.2, 0.25) is 11.7 Å². The highest BCUT2D eigenvalue weighted by atomic mass is 32.2. The Bertz CT molecular complexity index is 1030. The van der Waals surface area contributed by atoms with E-state index in [1.54, 1.807) is 9.58 Å². The molecule has 11 heteroatoms. The molecule has 4 rings (SSSR count). The van der Waals surface area contributed by atoms with Crippen LogP contribution in [0.5, 0.6) is 5.88 Å². The highest BCUT2D eigenvalue weighted by Crippen LogP contribution is 2.33. The van der Waals surface area contributed by atoms with Crippen LogP contribution in [0, 0.1) is 5.92 Å². The number of fused-ring (bicyclic) bond motifs is 1. The van der Waals surface area contributed by atoms with Gasteiger partial charge in [0.1, 0.15) is 0 Å². The number of hydrogen-bond acceptors (Lipinski definition) is 7. The van der Waals surface area contributed by atoms with E-state index < -0.39 is 15.6 Å². The molecule has 3 heterocycles. The van der Waals surface area contributed by atoms with Crippen LogP contribution in [0.1, 0.15) is 29.1 Å². The van der Waals surface area contributed by atoms with Crippen LogP contribution in [-0.2, 0) is 27.6 Å². The molecule has 0 bridgehead atoms. The van der Waals surface area contributed by atoms with Crippen molar-refractivity contribution in [2.75, 3.05) is 19.9 Å². The van der Waals surface area contributed by atoms with E-state index in [0.717, 1.165) is 12.8 Å². The summed E-state index contributed by atoms with van der Waals surface area (Å²) >= 11 is 0. The normalized spacial score (nSPS) is 18.5. The molecule has 2 amide bonds. The minimum Gasteiger partial charge on any atom is -0.479 e. The van der Waals surface area contributed by atoms with Gasteiger partial charge in [-0.25, -0.2) is 4.21 Å². The predicted molar refractivity (Wildman–Crippen MR) is 92.5 cm³/mol. The van der Waals surface area contributed by atoms with E-state index in [4.69, 9.17) is 9.26 Å². The summed E-state index contributed by atoms with van der Waals surface area (Å²) in [6.45, 7) is 1.41. The van der Waals surface area contributed by atoms with Crippen molar-refractivity contribution in [1.82, 2.24) is 19.8 Å². The molecule has 1 fully saturated rings. The molecule has 1 atom stereocenters. The lowest BCUT2D eigenvalue weighted by atomic mass is 10.2. The lowest BCUT2D eigenvalue weighted by molar-refractivity contribution is -0.134. The quantitative estimate of drug-likeness (QED) is 0.758. The molecule has 1 saturated carbocycles. The summed E-state index contributed by atoms with van der Waals surface area (Å²) in [7, 11) is -1.69. The first-order valence-electron chi connectivity index (χ1n) is 8.49. The second-order valence-corrected chi connectivity index (χ2v) is 8.87. The highest BCUT2D eigenvalue weighted by molar-refractivity contribution is 7.93. The second-order valence-electron chi connectivity index (χ2n) is 6.65. The van der Waals surface area contributed by atoms with Crippen LogP contribution in [0.25, 0.3) is 0 Å². The van der Waals surface area contributed by atoms with Crippen molar-refractivity contribution in [3.63, 3.8) is 0 Å². The third kappa shape index (κ3) is 3.34. The Morgan fingerprint density at radius 1 is 1.37 bits per heavy atom. The fraction of sp³-hybridized carbons (Fsp3) is 0.500. The fourth-order valence-corrected chi connectivity index (χ4v) is 4.38. The second kappa shape index (κ2) is 6.48. The van der Waals surface area contributed by atoms with E-state index in [2.05, 4.69) is 14.6 Å². The first-order valence-corrected chi connectivity index (χ1v) is 10.4. The molecule has 1 aliphatic carbocycles. The van der Waals surface area contributed by atoms with Crippen molar-refractivity contribution in [1.29, 1.82) is 0 Å². The third-order valence-electron chi connectivity index (χ3n) is 4.64. The van der Waals surface area contributed by atoms with E-state index in [0.29, 0.717) is 30.2 Å². The Labute approximate surface area is 155 Å². The molecule has 0 N–H and O–H groups in total. The van der Waals surface area contributed by atoms with Crippen LogP contribution < -0.4 is 4.74 Å². The molecule has 0 spiro atoms. The average molecular weight is 393 g/mol. The minimum atomic E-state index is -3.08. The van der Waals surface area contributed by atoms with Crippen molar-refractivity contribution in [2.24, 2.45) is 10.3 Å². The first kappa shape index (κ1) is 17.7. The van der Waals surface area contributed by atoms with Gasteiger partial charge in [0, 0.05) is 18.7 Å². The van der Waals surface area contributed by atoms with Crippen LogP contribution in [-0.4, -0.2) is 55.8 Å². The Kier molecular flexibility index (Phi) is 4.25. The number of methoxy groups -OCH3 is 1. The van der Waals surface area contributed by atoms with Gasteiger partial charge in [-0.3, -0.25) is 14.3 Å². The maximum atomic E-state index is 13.2. The van der Waals surface area contributed by atoms with Crippen molar-refractivity contribution < 1.29 is 23.1 Å². The van der Waals surface area contributed by atoms with Gasteiger partial charge in [-0.1, -0.05) is 0 Å². The van der Waals surface area contributed by atoms with E-state index in [9.17, 15) is 13.8 Å². The van der Waals surface area contributed by atoms with Gasteiger partial charge < -0.3 is 14.2 Å². The van der Waals surface area contributed by atoms with Gasteiger partial charge in [0.05, 0.1) is 52.8 Å². The fourth-order valence-electron chi connectivity index (χ4n) is 3.02. The molecule has 0 aromatic carbocycles. The summed E-state index contributed by atoms with van der Waals surface area (Å²) in [6, 6.07) is 1.28. The minimum absolute atomic E-state index is 0.113. The number of nitrogens with zero attached hydrogens (tertiary/aromatic N) is 5. The Hall–Kier alpha value is -2.69. The van der Waals surface area contributed by atoms with Gasteiger partial charge in [0.25, 0.3) is 5.88 Å². The smallest absolute Gasteiger partial charge is 0.324 e. The molecule has 2 aromatic rings. The molecular weight excluding hydrogens is 374 g/mol. The summed E-state index contributed by atoms with van der Waals surface area (Å²) in [5.41, 5.74) is 0.648. The Balaban J connectivity index is 1.63. The van der Waals surface area contributed by atoms with Gasteiger partial charge >= 0.3 is 5.91 Å². The number of aromatic nitrogens is 3. The van der Waals surface area contributed by atoms with E-state index in [1.165, 1.54) is 25.6 Å². The van der Waals surface area contributed by atoms with Crippen molar-refractivity contribution >= 4 is 21.5 Å². The molecule has 10 nitrogen and oxygen atoms in total. The van der Waals surface area contributed by atoms with Crippen LogP contribution in [0.15, 0.2) is 26.0 Å². The van der Waals surface area contributed by atoms with Crippen molar-refractivity contribution in [3.05, 3.63) is 23.7 Å². The number of amides is 2. The maximum Gasteiger partial charge on any atom is 0.324 e. The summed E-state index contributed by atoms with van der Waals surface area (Å²) < 4.78 is 28.4. The van der Waals surface area contributed by atoms with E-state index in [1.807, 2.05) is 0 Å². The van der Waals surface area contributed by atoms with Crippen LogP contribution in [0.4, 0.5) is 0 Å². The highest BCUT2D eigenvalue weighted by Gasteiger charge is 2.36. The number of ether oxygens (including phenoxy) is 1. The van der Waals surface area contributed by atoms with Crippen molar-refractivity contribution in [2.45, 2.75) is 30.8 Å². The summed E-state index contributed by atoms with van der Waals surface area (Å²) in [5, 5.41) is 7.79. The van der Waals surface area contributed by atoms with Gasteiger partial charge in [-0.2, -0.15) is 9.46 Å². The summed E-state index contributed by atoms with van der Waals surface area (Å²) in [6.07, 6.45) is 4.69. The first-order chi connectivity index (χ1) is 12.9. The topological polar surface area (TPSA) is 120 Å². The monoisotopic (exact) mass is 393 g/mol. The molecule has 1 aliphatic heterocycles. The number of carbonyl (C=O) groups is 2. The summed E-state index contributed by atoms with van der Waals surface area (Å²) in [4.78, 5) is 26.8. The van der Waals surface area contributed by atoms with Crippen LogP contribution in [0.2, 0.25) is 0 Å². The van der Waals surface area contributed by atoms with Gasteiger partial charge in [-0.15, -0.1) is 0 Å². The van der Waals surface area contributed by atoms with Gasteiger partial charge in [-0.05, 0) is 18.0 Å². The maximum absolute atomic E-state index is 13.2. The van der Waals surface area contributed by atoms with E-state index >= 15 is 0 Å². The summed E-state index contributed by atoms with van der Waals surface area (Å²) in [5.74, 6) is -0.583. The lowest BCUT2D eigenvalue weighted by Crippen LogP contribution is -2.39. The zero-order valence-electron chi connectivity index (χ0n) is 15.0. The number of rotatable bonds is 4. The standard InChI is InChI=1S/C16H19N5O5S/c1-25-14-7-12(26-18-14)15(22)19-27(2,24)13-8-17-21-6-5-20(9-11(13)21)16(23)10-3-4-10/h7-8,10H,3-6,9H2,1-2H3. The lowest BCUT2D eigenvalue weighted by Gasteiger charge is -2.28. The molecule has 2 aliphatic rings. The average Bonchev–Trinajstić information content (AvgIpc) is 3.21. The molecule has 0 radical (unpaired) electrons. The molecule has 144 valence electrons. The SMILES string of the molecule is COc1cc(C(=O)N=S(C)(=O)c2cnn3c2CN(C(=O)C2CC2)CC3)on1. The zero-order valence-corrected chi connectivity index (χ0v) is 15.8. The van der Waals surface area contributed by atoms with Crippen molar-refractivity contribution in [3.8, 4) is 5.88 Å². The zero-order chi connectivity index (χ0) is 19.2. The Morgan fingerprint density at radius 2 is 2.15 bits per heavy atom. The third-order valence-corrected chi connectivity index (χ3v) is 6.32. The Morgan fingerprint density at radius 3 is 2.81 bits per heavy atom. The number of hydrogen-bond donors (Lipinski definition) is 0. The number of carbonyl (C=O) groups excluding carboxylic acids is 2. The van der Waals surface area contributed by atoms with E-state index in [-0.39, 0.29) is 23.5 Å². The largest absolute Gasteiger partial charge is 0.479 e. The molecule has 2 aromatic heterocycles. The van der Waals surface area contributed by atoms with Crippen LogP contribution >= 0.6 is 0 Å².